The molecule has 2 aromatic carbocycles. The van der Waals surface area contributed by atoms with Crippen molar-refractivity contribution in [1.82, 2.24) is 31.9 Å². The number of phenols is 1. The van der Waals surface area contributed by atoms with Crippen molar-refractivity contribution in [1.29, 1.82) is 0 Å². The molecule has 0 saturated carbocycles. The maximum absolute atomic E-state index is 13.7. The monoisotopic (exact) mass is 808 g/mol. The van der Waals surface area contributed by atoms with Crippen molar-refractivity contribution in [3.63, 3.8) is 0 Å². The number of carboxylic acid groups (broad SMARTS) is 1. The number of carbonyl (C=O) groups excluding carboxylic acids is 6. The van der Waals surface area contributed by atoms with Gasteiger partial charge in [-0.3, -0.25) is 33.8 Å². The molecule has 0 radical (unpaired) electrons. The Morgan fingerprint density at radius 3 is 2.16 bits per heavy atom. The number of aliphatic carboxylic acids is 1. The quantitative estimate of drug-likeness (QED) is 0.0612. The molecule has 58 heavy (non-hydrogen) atoms. The average Bonchev–Trinajstić information content (AvgIpc) is 3.64. The van der Waals surface area contributed by atoms with Crippen molar-refractivity contribution in [2.75, 3.05) is 19.7 Å². The van der Waals surface area contributed by atoms with Gasteiger partial charge in [-0.1, -0.05) is 69.7 Å². The molecule has 0 spiro atoms. The van der Waals surface area contributed by atoms with Crippen LogP contribution >= 0.6 is 0 Å². The Bertz CT molecular complexity index is 1740. The number of hydrogen-bond donors (Lipinski definition) is 10. The number of amides is 6. The molecule has 1 fully saturated rings. The molecule has 1 saturated heterocycles. The lowest BCUT2D eigenvalue weighted by atomic mass is 9.97. The minimum absolute atomic E-state index is 0.0195. The summed E-state index contributed by atoms with van der Waals surface area (Å²) in [6, 6.07) is 9.21. The highest BCUT2D eigenvalue weighted by atomic mass is 16.4. The molecule has 18 heteroatoms. The van der Waals surface area contributed by atoms with Gasteiger partial charge in [-0.2, -0.15) is 0 Å². The smallest absolute Gasteiger partial charge is 0.328 e. The van der Waals surface area contributed by atoms with E-state index in [1.807, 2.05) is 30.3 Å². The van der Waals surface area contributed by atoms with Gasteiger partial charge in [0.15, 0.2) is 0 Å². The van der Waals surface area contributed by atoms with Crippen LogP contribution in [-0.4, -0.2) is 119 Å². The molecule has 6 amide bonds. The van der Waals surface area contributed by atoms with E-state index < -0.39 is 84.8 Å². The Morgan fingerprint density at radius 1 is 0.897 bits per heavy atom. The van der Waals surface area contributed by atoms with Crippen LogP contribution in [0.2, 0.25) is 0 Å². The number of hydrogen-bond acceptors (Lipinski definition) is 11. The van der Waals surface area contributed by atoms with Crippen molar-refractivity contribution in [2.45, 2.75) is 95.5 Å². The van der Waals surface area contributed by atoms with E-state index in [0.29, 0.717) is 37.3 Å². The van der Waals surface area contributed by atoms with Gasteiger partial charge in [-0.25, -0.2) is 4.79 Å². The van der Waals surface area contributed by atoms with Gasteiger partial charge in [0.2, 0.25) is 35.4 Å². The second-order valence-corrected chi connectivity index (χ2v) is 14.6. The number of aromatic hydroxyl groups is 1. The second kappa shape index (κ2) is 23.4. The number of primary amides is 1. The number of phenolic OH excluding ortho intramolecular Hbond substituents is 1. The number of carbonyl (C=O) groups is 7. The fraction of sp³-hybridized carbons (Fsp3) is 0.500. The van der Waals surface area contributed by atoms with Crippen LogP contribution in [0.5, 0.6) is 5.75 Å². The molecule has 11 N–H and O–H groups in total. The fourth-order valence-corrected chi connectivity index (χ4v) is 6.17. The molecule has 1 aliphatic heterocycles. The first-order valence-corrected chi connectivity index (χ1v) is 19.3. The van der Waals surface area contributed by atoms with E-state index in [2.05, 4.69) is 43.8 Å². The first kappa shape index (κ1) is 46.5. The summed E-state index contributed by atoms with van der Waals surface area (Å²) in [6.45, 7) is 4.62. The van der Waals surface area contributed by atoms with Gasteiger partial charge in [-0.05, 0) is 60.9 Å². The average molecular weight is 809 g/mol. The topological polar surface area (TPSA) is 291 Å². The molecule has 0 unspecified atom stereocenters. The molecule has 2 aromatic rings. The highest BCUT2D eigenvalue weighted by Gasteiger charge is 2.33. The summed E-state index contributed by atoms with van der Waals surface area (Å²) < 4.78 is 0. The number of nitrogens with two attached hydrogens (primary N) is 1. The minimum Gasteiger partial charge on any atom is -0.508 e. The lowest BCUT2D eigenvalue weighted by Gasteiger charge is -2.27. The van der Waals surface area contributed by atoms with E-state index >= 15 is 0 Å². The molecule has 0 bridgehead atoms. The summed E-state index contributed by atoms with van der Waals surface area (Å²) in [6.07, 6.45) is 2.40. The Labute approximate surface area is 337 Å². The van der Waals surface area contributed by atoms with E-state index in [1.165, 1.54) is 18.3 Å². The third-order valence-electron chi connectivity index (χ3n) is 9.75. The lowest BCUT2D eigenvalue weighted by Crippen LogP contribution is -2.58. The van der Waals surface area contributed by atoms with E-state index in [-0.39, 0.29) is 37.0 Å². The van der Waals surface area contributed by atoms with Gasteiger partial charge in [0.05, 0.1) is 25.2 Å². The Morgan fingerprint density at radius 2 is 1.57 bits per heavy atom. The number of aliphatic hydroxyl groups excluding tert-OH is 1. The normalized spacial score (nSPS) is 18.1. The predicted molar refractivity (Wildman–Crippen MR) is 213 cm³/mol. The summed E-state index contributed by atoms with van der Waals surface area (Å²) in [5.41, 5.74) is 6.87. The first-order valence-electron chi connectivity index (χ1n) is 19.3. The van der Waals surface area contributed by atoms with Crippen molar-refractivity contribution in [2.24, 2.45) is 22.6 Å². The third-order valence-corrected chi connectivity index (χ3v) is 9.75. The molecule has 0 aliphatic carbocycles. The number of aliphatic imine (C=N–C) groups is 1. The van der Waals surface area contributed by atoms with Crippen LogP contribution in [0.15, 0.2) is 59.6 Å². The molecule has 1 heterocycles. The van der Waals surface area contributed by atoms with Gasteiger partial charge in [0.25, 0.3) is 0 Å². The van der Waals surface area contributed by atoms with Gasteiger partial charge >= 0.3 is 5.97 Å². The largest absolute Gasteiger partial charge is 0.508 e. The van der Waals surface area contributed by atoms with Crippen LogP contribution < -0.4 is 37.6 Å². The van der Waals surface area contributed by atoms with Crippen LogP contribution in [0.25, 0.3) is 0 Å². The molecule has 0 aromatic heterocycles. The highest BCUT2D eigenvalue weighted by molar-refractivity contribution is 5.95. The molecule has 316 valence electrons. The number of rotatable bonds is 23. The molecular weight excluding hydrogens is 752 g/mol. The zero-order valence-corrected chi connectivity index (χ0v) is 33.0. The first-order chi connectivity index (χ1) is 27.6. The van der Waals surface area contributed by atoms with Gasteiger partial charge in [0.1, 0.15) is 29.9 Å². The number of carboxylic acids is 1. The molecule has 8 atom stereocenters. The zero-order valence-electron chi connectivity index (χ0n) is 33.0. The molecule has 3 rings (SSSR count). The van der Waals surface area contributed by atoms with Crippen LogP contribution in [0.3, 0.4) is 0 Å². The van der Waals surface area contributed by atoms with Gasteiger partial charge in [0, 0.05) is 19.1 Å². The summed E-state index contributed by atoms with van der Waals surface area (Å²) in [4.78, 5) is 94.2. The van der Waals surface area contributed by atoms with Gasteiger partial charge in [-0.15, -0.1) is 0 Å². The van der Waals surface area contributed by atoms with Crippen molar-refractivity contribution in [3.8, 4) is 5.75 Å². The standard InChI is InChI=1S/C40H56N8O10/c1-4-24(3)35(39(56)47-32(22-49)40(57)58)48-37(54)29(14-15-33(41)51)46-34(52)21-44-36(53)31(18-26-10-12-28(50)13-11-26)43-20-27(17-25-8-6-5-7-9-25)45-38(55)30-16-23(2)19-42-30/h5-13,20,23-24,27,29-32,35,42,49-50H,4,14-19,21-22H2,1-3H3,(H2,41,51)(H,44,53)(H,45,55)(H,46,52)(H,47,56)(H,48,54)(H,57,58)/t23-,24-,27-,29+,30-,31-,32-,35-/m0/s1. The van der Waals surface area contributed by atoms with Crippen molar-refractivity contribution >= 4 is 47.6 Å². The summed E-state index contributed by atoms with van der Waals surface area (Å²) in [5.74, 6) is -5.87. The maximum Gasteiger partial charge on any atom is 0.328 e. The van der Waals surface area contributed by atoms with Crippen LogP contribution in [-0.2, 0) is 46.4 Å². The van der Waals surface area contributed by atoms with E-state index in [0.717, 1.165) is 5.56 Å². The summed E-state index contributed by atoms with van der Waals surface area (Å²) in [5, 5.41) is 44.4. The van der Waals surface area contributed by atoms with Crippen molar-refractivity contribution in [3.05, 3.63) is 65.7 Å². The minimum atomic E-state index is -1.63. The van der Waals surface area contributed by atoms with Crippen LogP contribution in [0.1, 0.15) is 57.6 Å². The predicted octanol–water partition coefficient (Wildman–Crippen LogP) is -0.941. The summed E-state index contributed by atoms with van der Waals surface area (Å²) in [7, 11) is 0. The Kier molecular flexibility index (Phi) is 18.7. The number of aliphatic hydroxyl groups is 1. The maximum atomic E-state index is 13.7. The SMILES string of the molecule is CC[C@H](C)[C@H](NC(=O)[C@@H](CCC(N)=O)NC(=O)CNC(=O)[C@H](Cc1ccc(O)cc1)N=C[C@H](Cc1ccccc1)NC(=O)[C@@H]1C[C@H](C)CN1)C(=O)N[C@@H](CO)C(=O)O. The molecular formula is C40H56N8O10. The van der Waals surface area contributed by atoms with E-state index in [4.69, 9.17) is 5.73 Å². The Balaban J connectivity index is 1.78. The van der Waals surface area contributed by atoms with E-state index in [1.54, 1.807) is 26.0 Å². The zero-order chi connectivity index (χ0) is 42.8. The fourth-order valence-electron chi connectivity index (χ4n) is 6.17. The second-order valence-electron chi connectivity index (χ2n) is 14.6. The number of nitrogens with one attached hydrogen (secondary N) is 6. The third kappa shape index (κ3) is 15.6. The van der Waals surface area contributed by atoms with E-state index in [9.17, 15) is 48.9 Å². The molecule has 1 aliphatic rings. The summed E-state index contributed by atoms with van der Waals surface area (Å²) >= 11 is 0. The van der Waals surface area contributed by atoms with Crippen molar-refractivity contribution < 1.29 is 48.9 Å². The van der Waals surface area contributed by atoms with Crippen LogP contribution in [0.4, 0.5) is 0 Å². The lowest BCUT2D eigenvalue weighted by molar-refractivity contribution is -0.143. The Hall–Kier alpha value is -5.88. The number of nitrogens with zero attached hydrogens (tertiary/aromatic N) is 1. The molecule has 18 nitrogen and oxygen atoms in total. The highest BCUT2D eigenvalue weighted by Crippen LogP contribution is 2.15. The van der Waals surface area contributed by atoms with Crippen LogP contribution in [0, 0.1) is 11.8 Å². The van der Waals surface area contributed by atoms with Gasteiger partial charge < -0.3 is 53.0 Å². The number of benzene rings is 2.